The Labute approximate surface area is 159 Å². The molecular weight excluding hydrogens is 380 g/mol. The SMILES string of the molecule is CN=C(NCC1CCCO1)NC1CCN(Cc2ccc(Br)cc2)CC1. The van der Waals surface area contributed by atoms with Gasteiger partial charge in [-0.3, -0.25) is 9.89 Å². The van der Waals surface area contributed by atoms with Gasteiger partial charge in [-0.2, -0.15) is 0 Å². The lowest BCUT2D eigenvalue weighted by Crippen LogP contribution is -2.49. The standard InChI is InChI=1S/C19H29BrN4O/c1-21-19(22-13-18-3-2-12-25-18)23-17-8-10-24(11-9-17)14-15-4-6-16(20)7-5-15/h4-7,17-18H,2-3,8-14H2,1H3,(H2,21,22,23). The van der Waals surface area contributed by atoms with Gasteiger partial charge >= 0.3 is 0 Å². The molecule has 2 N–H and O–H groups in total. The van der Waals surface area contributed by atoms with E-state index in [1.165, 1.54) is 12.0 Å². The van der Waals surface area contributed by atoms with E-state index in [9.17, 15) is 0 Å². The molecule has 1 aromatic carbocycles. The van der Waals surface area contributed by atoms with E-state index in [0.717, 1.165) is 62.5 Å². The van der Waals surface area contributed by atoms with Crippen molar-refractivity contribution in [1.82, 2.24) is 15.5 Å². The van der Waals surface area contributed by atoms with E-state index in [0.29, 0.717) is 12.1 Å². The molecule has 0 saturated carbocycles. The molecule has 1 unspecified atom stereocenters. The van der Waals surface area contributed by atoms with Gasteiger partial charge in [0.15, 0.2) is 5.96 Å². The largest absolute Gasteiger partial charge is 0.376 e. The van der Waals surface area contributed by atoms with Crippen molar-refractivity contribution >= 4 is 21.9 Å². The average molecular weight is 409 g/mol. The van der Waals surface area contributed by atoms with Crippen molar-refractivity contribution in [2.45, 2.75) is 44.4 Å². The number of nitrogens with one attached hydrogen (secondary N) is 2. The molecule has 5 nitrogen and oxygen atoms in total. The Kier molecular flexibility index (Phi) is 7.13. The van der Waals surface area contributed by atoms with E-state index in [-0.39, 0.29) is 0 Å². The second-order valence-electron chi connectivity index (χ2n) is 6.91. The highest BCUT2D eigenvalue weighted by Crippen LogP contribution is 2.16. The minimum absolute atomic E-state index is 0.339. The zero-order valence-corrected chi connectivity index (χ0v) is 16.6. The molecule has 138 valence electrons. The third-order valence-electron chi connectivity index (χ3n) is 4.99. The summed E-state index contributed by atoms with van der Waals surface area (Å²) in [6, 6.07) is 9.13. The molecule has 0 aromatic heterocycles. The van der Waals surface area contributed by atoms with Crippen LogP contribution in [-0.4, -0.2) is 56.3 Å². The number of guanidine groups is 1. The predicted octanol–water partition coefficient (Wildman–Crippen LogP) is 2.76. The normalized spacial score (nSPS) is 23.0. The maximum Gasteiger partial charge on any atom is 0.191 e. The number of ether oxygens (including phenoxy) is 1. The first kappa shape index (κ1) is 18.7. The molecule has 0 spiro atoms. The molecule has 2 aliphatic rings. The molecule has 0 bridgehead atoms. The second-order valence-corrected chi connectivity index (χ2v) is 7.83. The van der Waals surface area contributed by atoms with E-state index in [2.05, 4.69) is 60.7 Å². The molecule has 3 rings (SSSR count). The molecule has 6 heteroatoms. The molecule has 2 heterocycles. The first-order chi connectivity index (χ1) is 12.2. The summed E-state index contributed by atoms with van der Waals surface area (Å²) in [4.78, 5) is 6.89. The number of rotatable bonds is 5. The number of benzene rings is 1. The maximum atomic E-state index is 5.66. The Morgan fingerprint density at radius 2 is 2.00 bits per heavy atom. The molecule has 0 aliphatic carbocycles. The van der Waals surface area contributed by atoms with Gasteiger partial charge in [-0.1, -0.05) is 28.1 Å². The van der Waals surface area contributed by atoms with Crippen LogP contribution in [0.2, 0.25) is 0 Å². The minimum atomic E-state index is 0.339. The van der Waals surface area contributed by atoms with Gasteiger partial charge in [0.1, 0.15) is 0 Å². The Hall–Kier alpha value is -1.11. The van der Waals surface area contributed by atoms with Crippen LogP contribution in [0, 0.1) is 0 Å². The third kappa shape index (κ3) is 5.97. The highest BCUT2D eigenvalue weighted by atomic mass is 79.9. The smallest absolute Gasteiger partial charge is 0.191 e. The third-order valence-corrected chi connectivity index (χ3v) is 5.52. The van der Waals surface area contributed by atoms with E-state index >= 15 is 0 Å². The maximum absolute atomic E-state index is 5.66. The Morgan fingerprint density at radius 1 is 1.24 bits per heavy atom. The monoisotopic (exact) mass is 408 g/mol. The summed E-state index contributed by atoms with van der Waals surface area (Å²) in [6.45, 7) is 5.02. The lowest BCUT2D eigenvalue weighted by molar-refractivity contribution is 0.113. The Balaban J connectivity index is 1.38. The fourth-order valence-corrected chi connectivity index (χ4v) is 3.75. The van der Waals surface area contributed by atoms with Gasteiger partial charge in [0, 0.05) is 50.3 Å². The average Bonchev–Trinajstić information content (AvgIpc) is 3.15. The summed E-state index contributed by atoms with van der Waals surface area (Å²) >= 11 is 3.50. The molecule has 25 heavy (non-hydrogen) atoms. The first-order valence-corrected chi connectivity index (χ1v) is 10.1. The van der Waals surface area contributed by atoms with E-state index in [1.807, 2.05) is 7.05 Å². The van der Waals surface area contributed by atoms with Crippen molar-refractivity contribution < 1.29 is 4.74 Å². The molecule has 2 fully saturated rings. The van der Waals surface area contributed by atoms with Crippen molar-refractivity contribution in [3.05, 3.63) is 34.3 Å². The van der Waals surface area contributed by atoms with Crippen molar-refractivity contribution in [3.8, 4) is 0 Å². The lowest BCUT2D eigenvalue weighted by Gasteiger charge is -2.33. The van der Waals surface area contributed by atoms with Crippen molar-refractivity contribution in [3.63, 3.8) is 0 Å². The van der Waals surface area contributed by atoms with Gasteiger partial charge < -0.3 is 15.4 Å². The summed E-state index contributed by atoms with van der Waals surface area (Å²) in [5, 5.41) is 6.98. The van der Waals surface area contributed by atoms with Gasteiger partial charge in [-0.05, 0) is 43.4 Å². The highest BCUT2D eigenvalue weighted by molar-refractivity contribution is 9.10. The van der Waals surface area contributed by atoms with Crippen LogP contribution in [-0.2, 0) is 11.3 Å². The van der Waals surface area contributed by atoms with Gasteiger partial charge in [0.05, 0.1) is 6.10 Å². The van der Waals surface area contributed by atoms with Crippen LogP contribution in [0.5, 0.6) is 0 Å². The molecule has 2 saturated heterocycles. The molecule has 0 radical (unpaired) electrons. The van der Waals surface area contributed by atoms with Crippen molar-refractivity contribution in [1.29, 1.82) is 0 Å². The van der Waals surface area contributed by atoms with Gasteiger partial charge in [0.25, 0.3) is 0 Å². The number of piperidine rings is 1. The van der Waals surface area contributed by atoms with Gasteiger partial charge in [0.2, 0.25) is 0 Å². The Bertz CT molecular complexity index is 549. The number of nitrogens with zero attached hydrogens (tertiary/aromatic N) is 2. The summed E-state index contributed by atoms with van der Waals surface area (Å²) in [5.74, 6) is 0.904. The zero-order valence-electron chi connectivity index (χ0n) is 15.0. The first-order valence-electron chi connectivity index (χ1n) is 9.28. The van der Waals surface area contributed by atoms with Gasteiger partial charge in [-0.25, -0.2) is 0 Å². The topological polar surface area (TPSA) is 48.9 Å². The van der Waals surface area contributed by atoms with E-state index < -0.39 is 0 Å². The summed E-state index contributed by atoms with van der Waals surface area (Å²) < 4.78 is 6.80. The van der Waals surface area contributed by atoms with Crippen molar-refractivity contribution in [2.24, 2.45) is 4.99 Å². The minimum Gasteiger partial charge on any atom is -0.376 e. The summed E-state index contributed by atoms with van der Waals surface area (Å²) in [7, 11) is 1.84. The second kappa shape index (κ2) is 9.55. The number of hydrogen-bond acceptors (Lipinski definition) is 3. The summed E-state index contributed by atoms with van der Waals surface area (Å²) in [6.07, 6.45) is 4.97. The molecule has 2 aliphatic heterocycles. The van der Waals surface area contributed by atoms with Crippen LogP contribution in [0.1, 0.15) is 31.2 Å². The fraction of sp³-hybridized carbons (Fsp3) is 0.632. The lowest BCUT2D eigenvalue weighted by atomic mass is 10.0. The van der Waals surface area contributed by atoms with Crippen LogP contribution in [0.4, 0.5) is 0 Å². The van der Waals surface area contributed by atoms with E-state index in [1.54, 1.807) is 0 Å². The Morgan fingerprint density at radius 3 is 2.64 bits per heavy atom. The number of likely N-dealkylation sites (tertiary alicyclic amines) is 1. The highest BCUT2D eigenvalue weighted by Gasteiger charge is 2.21. The van der Waals surface area contributed by atoms with Crippen LogP contribution in [0.15, 0.2) is 33.7 Å². The molecule has 1 aromatic rings. The van der Waals surface area contributed by atoms with Gasteiger partial charge in [-0.15, -0.1) is 0 Å². The number of aliphatic imine (C=N–C) groups is 1. The molecular formula is C19H29BrN4O. The van der Waals surface area contributed by atoms with Crippen LogP contribution in [0.3, 0.4) is 0 Å². The van der Waals surface area contributed by atoms with Crippen LogP contribution >= 0.6 is 15.9 Å². The van der Waals surface area contributed by atoms with Crippen molar-refractivity contribution in [2.75, 3.05) is 33.3 Å². The summed E-state index contributed by atoms with van der Waals surface area (Å²) in [5.41, 5.74) is 1.38. The van der Waals surface area contributed by atoms with Crippen LogP contribution in [0.25, 0.3) is 0 Å². The number of hydrogen-bond donors (Lipinski definition) is 2. The van der Waals surface area contributed by atoms with E-state index in [4.69, 9.17) is 4.74 Å². The zero-order chi connectivity index (χ0) is 17.5. The fourth-order valence-electron chi connectivity index (χ4n) is 3.49. The quantitative estimate of drug-likeness (QED) is 0.580. The van der Waals surface area contributed by atoms with Crippen LogP contribution < -0.4 is 10.6 Å². The number of halogens is 1. The molecule has 0 amide bonds. The predicted molar refractivity (Wildman–Crippen MR) is 106 cm³/mol. The molecule has 1 atom stereocenters.